The highest BCUT2D eigenvalue weighted by atomic mass is 35.5. The highest BCUT2D eigenvalue weighted by Gasteiger charge is 2.39. The van der Waals surface area contributed by atoms with Gasteiger partial charge in [0.2, 0.25) is 17.6 Å². The number of hydrogen-bond acceptors (Lipinski definition) is 6. The first-order chi connectivity index (χ1) is 14.6. The first-order valence-electron chi connectivity index (χ1n) is 8.49. The number of nitrogens with zero attached hydrogens (tertiary/aromatic N) is 5. The highest BCUT2D eigenvalue weighted by molar-refractivity contribution is 6.30. The molecular weight excluding hydrogens is 441 g/mol. The van der Waals surface area contributed by atoms with Gasteiger partial charge in [0.15, 0.2) is 5.69 Å². The van der Waals surface area contributed by atoms with Gasteiger partial charge in [-0.05, 0) is 18.2 Å². The molecule has 0 saturated heterocycles. The molecule has 1 N–H and O–H groups in total. The van der Waals surface area contributed by atoms with Crippen LogP contribution in [0.1, 0.15) is 11.3 Å². The van der Waals surface area contributed by atoms with Gasteiger partial charge in [0.25, 0.3) is 5.56 Å². The summed E-state index contributed by atoms with van der Waals surface area (Å²) in [5.74, 6) is -2.81. The fourth-order valence-corrected chi connectivity index (χ4v) is 2.84. The number of aliphatic imine (C=N–C) groups is 2. The lowest BCUT2D eigenvalue weighted by molar-refractivity contribution is -0.142. The lowest BCUT2D eigenvalue weighted by Gasteiger charge is -2.19. The molecule has 31 heavy (non-hydrogen) atoms. The zero-order chi connectivity index (χ0) is 22.8. The van der Waals surface area contributed by atoms with Crippen molar-refractivity contribution in [1.82, 2.24) is 14.9 Å². The number of halogens is 4. The molecule has 1 aliphatic rings. The normalized spacial score (nSPS) is 17.4. The van der Waals surface area contributed by atoms with Gasteiger partial charge < -0.3 is 4.74 Å². The molecule has 13 heteroatoms. The number of carbonyl (C=O) groups is 1. The molecule has 1 atom stereocenters. The van der Waals surface area contributed by atoms with Gasteiger partial charge >= 0.3 is 6.18 Å². The van der Waals surface area contributed by atoms with Crippen molar-refractivity contribution >= 4 is 29.7 Å². The van der Waals surface area contributed by atoms with Crippen LogP contribution >= 0.6 is 11.6 Å². The van der Waals surface area contributed by atoms with E-state index in [1.807, 2.05) is 0 Å². The Morgan fingerprint density at radius 1 is 1.35 bits per heavy atom. The molecule has 0 spiro atoms. The van der Waals surface area contributed by atoms with Gasteiger partial charge in [0.1, 0.15) is 5.75 Å². The van der Waals surface area contributed by atoms with Gasteiger partial charge in [0.05, 0.1) is 23.9 Å². The van der Waals surface area contributed by atoms with Crippen molar-refractivity contribution in [2.75, 3.05) is 7.05 Å². The topological polar surface area (TPSA) is 122 Å². The maximum atomic E-state index is 13.4. The molecule has 2 heterocycles. The molecule has 1 aromatic carbocycles. The van der Waals surface area contributed by atoms with E-state index in [1.54, 1.807) is 6.07 Å². The zero-order valence-corrected chi connectivity index (χ0v) is 16.4. The van der Waals surface area contributed by atoms with E-state index >= 15 is 0 Å². The Hall–Kier alpha value is -3.72. The van der Waals surface area contributed by atoms with Gasteiger partial charge in [0, 0.05) is 24.8 Å². The highest BCUT2D eigenvalue weighted by Crippen LogP contribution is 2.35. The molecule has 0 fully saturated rings. The summed E-state index contributed by atoms with van der Waals surface area (Å²) in [6.45, 7) is -0.342. The molecule has 0 aliphatic carbocycles. The number of ether oxygens (including phenoxy) is 1. The number of rotatable bonds is 4. The maximum absolute atomic E-state index is 13.4. The molecule has 0 bridgehead atoms. The molecule has 3 rings (SSSR count). The lowest BCUT2D eigenvalue weighted by atomic mass is 10.1. The van der Waals surface area contributed by atoms with Gasteiger partial charge in [-0.2, -0.15) is 18.4 Å². The summed E-state index contributed by atoms with van der Waals surface area (Å²) in [5.41, 5.74) is -2.73. The zero-order valence-electron chi connectivity index (χ0n) is 15.6. The maximum Gasteiger partial charge on any atom is 0.437 e. The number of nitrogens with one attached hydrogen (secondary N) is 1. The van der Waals surface area contributed by atoms with Crippen LogP contribution in [0.25, 0.3) is 0 Å². The van der Waals surface area contributed by atoms with Gasteiger partial charge in [-0.15, -0.1) is 0 Å². The number of aromatic nitrogens is 2. The van der Waals surface area contributed by atoms with E-state index in [4.69, 9.17) is 21.6 Å². The summed E-state index contributed by atoms with van der Waals surface area (Å²) >= 11 is 5.84. The van der Waals surface area contributed by atoms with Crippen molar-refractivity contribution in [2.45, 2.75) is 12.7 Å². The Morgan fingerprint density at radius 3 is 2.71 bits per heavy atom. The molecule has 1 aromatic heterocycles. The Morgan fingerprint density at radius 2 is 2.10 bits per heavy atom. The lowest BCUT2D eigenvalue weighted by Crippen LogP contribution is -2.42. The summed E-state index contributed by atoms with van der Waals surface area (Å²) in [7, 11) is 1.41. The predicted molar refractivity (Wildman–Crippen MR) is 103 cm³/mol. The van der Waals surface area contributed by atoms with E-state index in [0.29, 0.717) is 6.33 Å². The first-order valence-corrected chi connectivity index (χ1v) is 8.87. The van der Waals surface area contributed by atoms with E-state index < -0.39 is 35.0 Å². The minimum atomic E-state index is -5.00. The van der Waals surface area contributed by atoms with E-state index in [-0.39, 0.29) is 28.8 Å². The van der Waals surface area contributed by atoms with Crippen LogP contribution in [0.2, 0.25) is 5.02 Å². The number of carbonyl (C=O) groups excluding carboxylic acids is 1. The Balaban J connectivity index is 2.03. The quantitative estimate of drug-likeness (QED) is 0.763. The fraction of sp³-hybridized carbons (Fsp3) is 0.222. The van der Waals surface area contributed by atoms with Crippen molar-refractivity contribution in [3.8, 4) is 17.6 Å². The summed E-state index contributed by atoms with van der Waals surface area (Å²) in [6, 6.07) is 5.32. The van der Waals surface area contributed by atoms with Crippen LogP contribution in [0.5, 0.6) is 11.5 Å². The smallest absolute Gasteiger partial charge is 0.437 e. The third-order valence-electron chi connectivity index (χ3n) is 4.04. The Bertz CT molecular complexity index is 1200. The molecule has 9 nitrogen and oxygen atoms in total. The van der Waals surface area contributed by atoms with Crippen LogP contribution < -0.4 is 15.6 Å². The molecule has 0 saturated carbocycles. The van der Waals surface area contributed by atoms with Crippen LogP contribution in [-0.4, -0.2) is 34.7 Å². The van der Waals surface area contributed by atoms with Crippen molar-refractivity contribution in [2.24, 2.45) is 15.9 Å². The van der Waals surface area contributed by atoms with Crippen LogP contribution in [0.4, 0.5) is 13.2 Å². The third-order valence-corrected chi connectivity index (χ3v) is 4.26. The minimum absolute atomic E-state index is 0.0174. The van der Waals surface area contributed by atoms with Gasteiger partial charge in [-0.3, -0.25) is 24.5 Å². The van der Waals surface area contributed by atoms with E-state index in [2.05, 4.69) is 20.3 Å². The van der Waals surface area contributed by atoms with Crippen molar-refractivity contribution in [1.29, 1.82) is 5.26 Å². The van der Waals surface area contributed by atoms with E-state index in [0.717, 1.165) is 16.7 Å². The summed E-state index contributed by atoms with van der Waals surface area (Å²) in [5, 5.41) is 11.4. The molecule has 160 valence electrons. The van der Waals surface area contributed by atoms with Crippen molar-refractivity contribution in [3.05, 3.63) is 51.2 Å². The Labute approximate surface area is 177 Å². The number of nitriles is 1. The van der Waals surface area contributed by atoms with Crippen LogP contribution in [-0.2, 0) is 17.5 Å². The molecule has 2 aromatic rings. The van der Waals surface area contributed by atoms with E-state index in [1.165, 1.54) is 19.3 Å². The number of hydrogen-bond donors (Lipinski definition) is 1. The SMILES string of the molecule is CN=C1N=CC(Cn2cnc(C(F)(F)F)c(Oc3cc(Cl)cc(C#N)c3)c2=O)C(=O)N1. The van der Waals surface area contributed by atoms with Crippen molar-refractivity contribution < 1.29 is 22.7 Å². The second kappa shape index (κ2) is 8.57. The minimum Gasteiger partial charge on any atom is -0.449 e. The Kier molecular flexibility index (Phi) is 6.07. The van der Waals surface area contributed by atoms with E-state index in [9.17, 15) is 22.8 Å². The van der Waals surface area contributed by atoms with Crippen molar-refractivity contribution in [3.63, 3.8) is 0 Å². The fourth-order valence-electron chi connectivity index (χ4n) is 2.62. The number of guanidine groups is 1. The average molecular weight is 453 g/mol. The monoisotopic (exact) mass is 452 g/mol. The first kappa shape index (κ1) is 22.0. The molecule has 1 unspecified atom stereocenters. The second-order valence-corrected chi connectivity index (χ2v) is 6.62. The standard InChI is InChI=1S/C18H12ClF3N6O3/c1-24-17-25-6-10(15(29)27-17)7-28-8-26-14(18(20,21)22)13(16(28)30)31-12-3-9(5-23)2-11(19)4-12/h2-4,6,8,10H,7H2,1H3,(H,24,27,29). The molecule has 1 amide bonds. The average Bonchev–Trinajstić information content (AvgIpc) is 2.70. The number of benzene rings is 1. The molecular formula is C18H12ClF3N6O3. The van der Waals surface area contributed by atoms with Crippen LogP contribution in [0, 0.1) is 17.2 Å². The number of alkyl halides is 3. The van der Waals surface area contributed by atoms with Crippen LogP contribution in [0.3, 0.4) is 0 Å². The van der Waals surface area contributed by atoms with Gasteiger partial charge in [-0.1, -0.05) is 11.6 Å². The second-order valence-electron chi connectivity index (χ2n) is 6.19. The summed E-state index contributed by atoms with van der Waals surface area (Å²) in [4.78, 5) is 35.8. The van der Waals surface area contributed by atoms with Gasteiger partial charge in [-0.25, -0.2) is 9.98 Å². The predicted octanol–water partition coefficient (Wildman–Crippen LogP) is 2.38. The third kappa shape index (κ3) is 4.89. The summed E-state index contributed by atoms with van der Waals surface area (Å²) < 4.78 is 46.2. The summed E-state index contributed by atoms with van der Waals surface area (Å²) in [6.07, 6.45) is -3.11. The number of amides is 1. The largest absolute Gasteiger partial charge is 0.449 e. The molecule has 0 radical (unpaired) electrons. The molecule has 1 aliphatic heterocycles. The van der Waals surface area contributed by atoms with Crippen LogP contribution in [0.15, 0.2) is 39.3 Å².